The zero-order valence-corrected chi connectivity index (χ0v) is 12.7. The molecule has 7 heteroatoms. The van der Waals surface area contributed by atoms with Crippen molar-refractivity contribution in [2.45, 2.75) is 24.3 Å². The van der Waals surface area contributed by atoms with Gasteiger partial charge in [0.15, 0.2) is 0 Å². The van der Waals surface area contributed by atoms with Gasteiger partial charge in [0.1, 0.15) is 0 Å². The first kappa shape index (κ1) is 15.9. The van der Waals surface area contributed by atoms with Crippen molar-refractivity contribution in [3.05, 3.63) is 40.9 Å². The Kier molecular flexibility index (Phi) is 5.28. The Hall–Kier alpha value is -1.18. The van der Waals surface area contributed by atoms with Gasteiger partial charge in [-0.15, -0.1) is 6.58 Å². The molecule has 0 aliphatic heterocycles. The van der Waals surface area contributed by atoms with Gasteiger partial charge >= 0.3 is 5.97 Å². The second-order valence-electron chi connectivity index (χ2n) is 3.99. The van der Waals surface area contributed by atoms with Crippen molar-refractivity contribution in [2.75, 3.05) is 0 Å². The normalized spacial score (nSPS) is 12.9. The molecule has 1 aromatic carbocycles. The van der Waals surface area contributed by atoms with Crippen LogP contribution in [0, 0.1) is 0 Å². The summed E-state index contributed by atoms with van der Waals surface area (Å²) in [4.78, 5) is 10.9. The third-order valence-electron chi connectivity index (χ3n) is 2.36. The van der Waals surface area contributed by atoms with Crippen molar-refractivity contribution in [3.8, 4) is 0 Å². The van der Waals surface area contributed by atoms with E-state index in [1.54, 1.807) is 13.0 Å². The minimum atomic E-state index is -3.74. The summed E-state index contributed by atoms with van der Waals surface area (Å²) >= 11 is 3.06. The highest BCUT2D eigenvalue weighted by Crippen LogP contribution is 2.21. The van der Waals surface area contributed by atoms with Crippen molar-refractivity contribution in [3.63, 3.8) is 0 Å². The number of carboxylic acids is 1. The number of hydrogen-bond donors (Lipinski definition) is 2. The molecule has 0 aromatic heterocycles. The summed E-state index contributed by atoms with van der Waals surface area (Å²) in [7, 11) is -3.74. The maximum absolute atomic E-state index is 12.0. The van der Waals surface area contributed by atoms with E-state index >= 15 is 0 Å². The van der Waals surface area contributed by atoms with Crippen LogP contribution in [0.1, 0.15) is 23.7 Å². The van der Waals surface area contributed by atoms with Gasteiger partial charge in [0.25, 0.3) is 0 Å². The fraction of sp³-hybridized carbons (Fsp3) is 0.250. The molecule has 0 saturated heterocycles. The number of nitrogens with one attached hydrogen (secondary N) is 1. The molecule has 5 nitrogen and oxygen atoms in total. The molecule has 1 unspecified atom stereocenters. The van der Waals surface area contributed by atoms with Crippen LogP contribution in [0.5, 0.6) is 0 Å². The van der Waals surface area contributed by atoms with E-state index in [-0.39, 0.29) is 16.5 Å². The Bertz CT molecular complexity index is 598. The number of carbonyl (C=O) groups is 1. The molecular weight excluding hydrogens is 334 g/mol. The quantitative estimate of drug-likeness (QED) is 0.774. The molecule has 0 aliphatic carbocycles. The van der Waals surface area contributed by atoms with Crippen LogP contribution in [0.3, 0.4) is 0 Å². The number of aromatic carboxylic acids is 1. The molecule has 0 fully saturated rings. The van der Waals surface area contributed by atoms with Crippen LogP contribution in [0.2, 0.25) is 0 Å². The van der Waals surface area contributed by atoms with Crippen LogP contribution < -0.4 is 4.72 Å². The lowest BCUT2D eigenvalue weighted by molar-refractivity contribution is 0.0695. The zero-order chi connectivity index (χ0) is 14.6. The maximum atomic E-state index is 12.0. The fourth-order valence-corrected chi connectivity index (χ4v) is 3.16. The van der Waals surface area contributed by atoms with Crippen LogP contribution >= 0.6 is 15.9 Å². The Morgan fingerprint density at radius 1 is 1.58 bits per heavy atom. The molecule has 1 rings (SSSR count). The summed E-state index contributed by atoms with van der Waals surface area (Å²) in [5.41, 5.74) is -0.0979. The lowest BCUT2D eigenvalue weighted by Crippen LogP contribution is -2.32. The first-order valence-corrected chi connectivity index (χ1v) is 7.71. The van der Waals surface area contributed by atoms with Gasteiger partial charge in [-0.1, -0.05) is 6.08 Å². The van der Waals surface area contributed by atoms with Crippen LogP contribution in [0.25, 0.3) is 0 Å². The molecule has 0 heterocycles. The van der Waals surface area contributed by atoms with Crippen LogP contribution in [0.4, 0.5) is 0 Å². The van der Waals surface area contributed by atoms with Gasteiger partial charge < -0.3 is 5.11 Å². The predicted octanol–water partition coefficient (Wildman–Crippen LogP) is 2.39. The van der Waals surface area contributed by atoms with Gasteiger partial charge in [0.05, 0.1) is 10.5 Å². The lowest BCUT2D eigenvalue weighted by Gasteiger charge is -2.13. The van der Waals surface area contributed by atoms with Gasteiger partial charge in [0, 0.05) is 10.5 Å². The van der Waals surface area contributed by atoms with E-state index < -0.39 is 16.0 Å². The Morgan fingerprint density at radius 2 is 2.21 bits per heavy atom. The summed E-state index contributed by atoms with van der Waals surface area (Å²) in [6.45, 7) is 5.24. The number of rotatable bonds is 6. The fourth-order valence-electron chi connectivity index (χ4n) is 1.47. The van der Waals surface area contributed by atoms with E-state index in [1.165, 1.54) is 12.1 Å². The second-order valence-corrected chi connectivity index (χ2v) is 6.56. The summed E-state index contributed by atoms with van der Waals surface area (Å²) in [5, 5.41) is 8.96. The molecule has 0 spiro atoms. The number of carboxylic acid groups (broad SMARTS) is 1. The average Bonchev–Trinajstić information content (AvgIpc) is 2.28. The predicted molar refractivity (Wildman–Crippen MR) is 75.7 cm³/mol. The van der Waals surface area contributed by atoms with Gasteiger partial charge in [-0.25, -0.2) is 17.9 Å². The minimum absolute atomic E-state index is 0.0796. The van der Waals surface area contributed by atoms with Crippen LogP contribution in [-0.2, 0) is 10.0 Å². The standard InChI is InChI=1S/C12H14BrNO4S/c1-3-4-8(2)14-19(17,18)9-5-6-11(13)10(7-9)12(15)16/h3,5-8,14H,1,4H2,2H3,(H,15,16). The summed E-state index contributed by atoms with van der Waals surface area (Å²) < 4.78 is 26.9. The van der Waals surface area contributed by atoms with E-state index in [2.05, 4.69) is 27.2 Å². The summed E-state index contributed by atoms with van der Waals surface area (Å²) in [6.07, 6.45) is 2.10. The van der Waals surface area contributed by atoms with Crippen molar-refractivity contribution in [1.82, 2.24) is 4.72 Å². The van der Waals surface area contributed by atoms with E-state index in [4.69, 9.17) is 5.11 Å². The Morgan fingerprint density at radius 3 is 2.74 bits per heavy atom. The largest absolute Gasteiger partial charge is 0.478 e. The number of benzene rings is 1. The Balaban J connectivity index is 3.12. The molecule has 19 heavy (non-hydrogen) atoms. The molecule has 0 saturated carbocycles. The number of hydrogen-bond acceptors (Lipinski definition) is 3. The molecule has 0 radical (unpaired) electrons. The van der Waals surface area contributed by atoms with Crippen LogP contribution in [0.15, 0.2) is 40.2 Å². The topological polar surface area (TPSA) is 83.5 Å². The number of halogens is 1. The molecule has 1 atom stereocenters. The molecule has 1 aromatic rings. The van der Waals surface area contributed by atoms with Crippen molar-refractivity contribution < 1.29 is 18.3 Å². The first-order valence-electron chi connectivity index (χ1n) is 5.44. The smallest absolute Gasteiger partial charge is 0.336 e. The molecule has 104 valence electrons. The zero-order valence-electron chi connectivity index (χ0n) is 10.3. The summed E-state index contributed by atoms with van der Waals surface area (Å²) in [5.74, 6) is -1.19. The van der Waals surface area contributed by atoms with Gasteiger partial charge in [-0.2, -0.15) is 0 Å². The van der Waals surface area contributed by atoms with E-state index in [0.29, 0.717) is 10.9 Å². The van der Waals surface area contributed by atoms with Crippen molar-refractivity contribution in [2.24, 2.45) is 0 Å². The number of sulfonamides is 1. The highest BCUT2D eigenvalue weighted by atomic mass is 79.9. The molecule has 0 aliphatic rings. The first-order chi connectivity index (χ1) is 8.77. The average molecular weight is 348 g/mol. The van der Waals surface area contributed by atoms with E-state index in [0.717, 1.165) is 6.07 Å². The van der Waals surface area contributed by atoms with E-state index in [1.807, 2.05) is 0 Å². The second kappa shape index (κ2) is 6.31. The van der Waals surface area contributed by atoms with Gasteiger partial charge in [0.2, 0.25) is 10.0 Å². The minimum Gasteiger partial charge on any atom is -0.478 e. The maximum Gasteiger partial charge on any atom is 0.336 e. The lowest BCUT2D eigenvalue weighted by atomic mass is 10.2. The van der Waals surface area contributed by atoms with Crippen LogP contribution in [-0.4, -0.2) is 25.5 Å². The van der Waals surface area contributed by atoms with Crippen molar-refractivity contribution in [1.29, 1.82) is 0 Å². The molecule has 0 amide bonds. The third-order valence-corrected chi connectivity index (χ3v) is 4.63. The van der Waals surface area contributed by atoms with Gasteiger partial charge in [-0.3, -0.25) is 0 Å². The summed E-state index contributed by atoms with van der Waals surface area (Å²) in [6, 6.07) is 3.56. The Labute approximate surface area is 120 Å². The molecule has 2 N–H and O–H groups in total. The molecular formula is C12H14BrNO4S. The van der Waals surface area contributed by atoms with Crippen molar-refractivity contribution >= 4 is 31.9 Å². The SMILES string of the molecule is C=CCC(C)NS(=O)(=O)c1ccc(Br)c(C(=O)O)c1. The van der Waals surface area contributed by atoms with E-state index in [9.17, 15) is 13.2 Å². The highest BCUT2D eigenvalue weighted by Gasteiger charge is 2.19. The molecule has 0 bridgehead atoms. The van der Waals surface area contributed by atoms with Gasteiger partial charge in [-0.05, 0) is 47.5 Å². The monoisotopic (exact) mass is 347 g/mol. The third kappa shape index (κ3) is 4.15. The highest BCUT2D eigenvalue weighted by molar-refractivity contribution is 9.10.